The van der Waals surface area contributed by atoms with Crippen LogP contribution in [0.2, 0.25) is 0 Å². The summed E-state index contributed by atoms with van der Waals surface area (Å²) in [5.41, 5.74) is 1.40. The Balaban J connectivity index is 2.29. The number of rotatable bonds is 1. The molecule has 0 aliphatic carbocycles. The van der Waals surface area contributed by atoms with Gasteiger partial charge in [-0.05, 0) is 24.6 Å². The SMILES string of the molecule is Cc1ccn2cc(NC(=O)C(F)(F)F)nc2c1. The Bertz CT molecular complexity index is 574. The molecular formula is C10H8F3N3O. The van der Waals surface area contributed by atoms with Crippen LogP contribution in [-0.2, 0) is 4.79 Å². The maximum atomic E-state index is 12.0. The van der Waals surface area contributed by atoms with Crippen LogP contribution in [0, 0.1) is 6.92 Å². The van der Waals surface area contributed by atoms with Crippen LogP contribution >= 0.6 is 0 Å². The van der Waals surface area contributed by atoms with Gasteiger partial charge in [-0.1, -0.05) is 0 Å². The first kappa shape index (κ1) is 11.4. The highest BCUT2D eigenvalue weighted by Crippen LogP contribution is 2.18. The van der Waals surface area contributed by atoms with E-state index in [2.05, 4.69) is 4.98 Å². The standard InChI is InChI=1S/C10H8F3N3O/c1-6-2-3-16-5-7(14-8(16)4-6)15-9(17)10(11,12)13/h2-5H,1H3,(H,15,17). The van der Waals surface area contributed by atoms with E-state index in [4.69, 9.17) is 0 Å². The number of anilines is 1. The average Bonchev–Trinajstić information content (AvgIpc) is 2.57. The van der Waals surface area contributed by atoms with Crippen molar-refractivity contribution >= 4 is 17.4 Å². The molecule has 0 spiro atoms. The molecule has 0 atom stereocenters. The minimum absolute atomic E-state index is 0.127. The number of nitrogens with one attached hydrogen (secondary N) is 1. The molecule has 0 bridgehead atoms. The third kappa shape index (κ3) is 2.38. The molecule has 0 radical (unpaired) electrons. The first-order valence-corrected chi connectivity index (χ1v) is 4.70. The molecule has 0 aliphatic rings. The Hall–Kier alpha value is -2.05. The molecule has 1 N–H and O–H groups in total. The molecule has 1 amide bonds. The van der Waals surface area contributed by atoms with E-state index < -0.39 is 12.1 Å². The fourth-order valence-electron chi connectivity index (χ4n) is 1.33. The predicted octanol–water partition coefficient (Wildman–Crippen LogP) is 2.14. The van der Waals surface area contributed by atoms with Gasteiger partial charge in [-0.2, -0.15) is 13.2 Å². The molecule has 0 aliphatic heterocycles. The van der Waals surface area contributed by atoms with Crippen LogP contribution in [0.4, 0.5) is 19.0 Å². The van der Waals surface area contributed by atoms with Gasteiger partial charge in [-0.3, -0.25) is 4.79 Å². The number of hydrogen-bond donors (Lipinski definition) is 1. The van der Waals surface area contributed by atoms with E-state index in [1.165, 1.54) is 10.6 Å². The molecule has 0 aromatic carbocycles. The first-order valence-electron chi connectivity index (χ1n) is 4.70. The van der Waals surface area contributed by atoms with Crippen molar-refractivity contribution in [2.24, 2.45) is 0 Å². The number of pyridine rings is 1. The molecule has 7 heteroatoms. The zero-order valence-electron chi connectivity index (χ0n) is 8.75. The first-order chi connectivity index (χ1) is 7.86. The number of aryl methyl sites for hydroxylation is 1. The number of carbonyl (C=O) groups excluding carboxylic acids is 1. The van der Waals surface area contributed by atoms with Crippen LogP contribution in [0.25, 0.3) is 5.65 Å². The lowest BCUT2D eigenvalue weighted by molar-refractivity contribution is -0.167. The van der Waals surface area contributed by atoms with Crippen molar-refractivity contribution in [3.63, 3.8) is 0 Å². The summed E-state index contributed by atoms with van der Waals surface area (Å²) in [4.78, 5) is 14.6. The summed E-state index contributed by atoms with van der Waals surface area (Å²) in [5, 5.41) is 1.69. The van der Waals surface area contributed by atoms with Crippen LogP contribution < -0.4 is 5.32 Å². The second-order valence-corrected chi connectivity index (χ2v) is 3.55. The number of fused-ring (bicyclic) bond motifs is 1. The maximum absolute atomic E-state index is 12.0. The second-order valence-electron chi connectivity index (χ2n) is 3.55. The summed E-state index contributed by atoms with van der Waals surface area (Å²) >= 11 is 0. The number of nitrogens with zero attached hydrogens (tertiary/aromatic N) is 2. The van der Waals surface area contributed by atoms with Crippen molar-refractivity contribution < 1.29 is 18.0 Å². The van der Waals surface area contributed by atoms with Gasteiger partial charge >= 0.3 is 12.1 Å². The summed E-state index contributed by atoms with van der Waals surface area (Å²) in [6.07, 6.45) is -1.94. The number of amides is 1. The van der Waals surface area contributed by atoms with Gasteiger partial charge in [-0.15, -0.1) is 0 Å². The normalized spacial score (nSPS) is 11.8. The minimum atomic E-state index is -4.91. The van der Waals surface area contributed by atoms with Gasteiger partial charge < -0.3 is 9.72 Å². The number of carbonyl (C=O) groups is 1. The smallest absolute Gasteiger partial charge is 0.305 e. The van der Waals surface area contributed by atoms with Crippen LogP contribution in [0.3, 0.4) is 0 Å². The van der Waals surface area contributed by atoms with Crippen LogP contribution in [0.15, 0.2) is 24.5 Å². The lowest BCUT2D eigenvalue weighted by atomic mass is 10.3. The van der Waals surface area contributed by atoms with Crippen molar-refractivity contribution in [1.82, 2.24) is 9.38 Å². The molecule has 0 saturated carbocycles. The quantitative estimate of drug-likeness (QED) is 0.834. The van der Waals surface area contributed by atoms with E-state index in [-0.39, 0.29) is 5.82 Å². The molecule has 90 valence electrons. The van der Waals surface area contributed by atoms with Crippen molar-refractivity contribution in [3.8, 4) is 0 Å². The minimum Gasteiger partial charge on any atom is -0.305 e. The molecule has 0 saturated heterocycles. The highest BCUT2D eigenvalue weighted by atomic mass is 19.4. The molecule has 17 heavy (non-hydrogen) atoms. The molecular weight excluding hydrogens is 235 g/mol. The zero-order valence-corrected chi connectivity index (χ0v) is 8.75. The average molecular weight is 243 g/mol. The van der Waals surface area contributed by atoms with E-state index in [1.54, 1.807) is 23.6 Å². The Morgan fingerprint density at radius 1 is 1.47 bits per heavy atom. The second kappa shape index (κ2) is 3.76. The molecule has 2 heterocycles. The molecule has 0 fully saturated rings. The van der Waals surface area contributed by atoms with Gasteiger partial charge in [0.1, 0.15) is 5.65 Å². The summed E-state index contributed by atoms with van der Waals surface area (Å²) in [6.45, 7) is 1.84. The fraction of sp³-hybridized carbons (Fsp3) is 0.200. The zero-order chi connectivity index (χ0) is 12.6. The fourth-order valence-corrected chi connectivity index (χ4v) is 1.33. The summed E-state index contributed by atoms with van der Waals surface area (Å²) < 4.78 is 37.6. The largest absolute Gasteiger partial charge is 0.471 e. The van der Waals surface area contributed by atoms with E-state index >= 15 is 0 Å². The topological polar surface area (TPSA) is 46.4 Å². The van der Waals surface area contributed by atoms with Gasteiger partial charge in [0.05, 0.1) is 6.20 Å². The Morgan fingerprint density at radius 2 is 2.18 bits per heavy atom. The Kier molecular flexibility index (Phi) is 2.53. The van der Waals surface area contributed by atoms with E-state index in [9.17, 15) is 18.0 Å². The summed E-state index contributed by atoms with van der Waals surface area (Å²) in [6, 6.07) is 3.48. The summed E-state index contributed by atoms with van der Waals surface area (Å²) in [5.74, 6) is -2.16. The summed E-state index contributed by atoms with van der Waals surface area (Å²) in [7, 11) is 0. The van der Waals surface area contributed by atoms with E-state index in [0.717, 1.165) is 5.56 Å². The highest BCUT2D eigenvalue weighted by Gasteiger charge is 2.39. The third-order valence-electron chi connectivity index (χ3n) is 2.11. The van der Waals surface area contributed by atoms with Gasteiger partial charge in [0.2, 0.25) is 0 Å². The highest BCUT2D eigenvalue weighted by molar-refractivity contribution is 5.94. The Labute approximate surface area is 94.1 Å². The van der Waals surface area contributed by atoms with Crippen molar-refractivity contribution in [2.45, 2.75) is 13.1 Å². The lowest BCUT2D eigenvalue weighted by Crippen LogP contribution is -2.30. The number of imidazole rings is 1. The van der Waals surface area contributed by atoms with Gasteiger partial charge in [0, 0.05) is 6.20 Å². The number of hydrogen-bond acceptors (Lipinski definition) is 2. The van der Waals surface area contributed by atoms with Crippen LogP contribution in [-0.4, -0.2) is 21.5 Å². The lowest BCUT2D eigenvalue weighted by Gasteiger charge is -2.04. The van der Waals surface area contributed by atoms with Gasteiger partial charge in [-0.25, -0.2) is 4.98 Å². The molecule has 0 unspecified atom stereocenters. The number of alkyl halides is 3. The van der Waals surface area contributed by atoms with Gasteiger partial charge in [0.15, 0.2) is 5.82 Å². The molecule has 2 aromatic rings. The maximum Gasteiger partial charge on any atom is 0.471 e. The Morgan fingerprint density at radius 3 is 2.82 bits per heavy atom. The number of aromatic nitrogens is 2. The third-order valence-corrected chi connectivity index (χ3v) is 2.11. The van der Waals surface area contributed by atoms with Crippen molar-refractivity contribution in [3.05, 3.63) is 30.1 Å². The molecule has 2 aromatic heterocycles. The van der Waals surface area contributed by atoms with Crippen molar-refractivity contribution in [1.29, 1.82) is 0 Å². The molecule has 2 rings (SSSR count). The van der Waals surface area contributed by atoms with Crippen LogP contribution in [0.1, 0.15) is 5.56 Å². The van der Waals surface area contributed by atoms with E-state index in [0.29, 0.717) is 5.65 Å². The molecule has 4 nitrogen and oxygen atoms in total. The van der Waals surface area contributed by atoms with Crippen LogP contribution in [0.5, 0.6) is 0 Å². The number of halogens is 3. The monoisotopic (exact) mass is 243 g/mol. The van der Waals surface area contributed by atoms with E-state index in [1.807, 2.05) is 6.92 Å². The predicted molar refractivity (Wildman–Crippen MR) is 54.6 cm³/mol. The van der Waals surface area contributed by atoms with Crippen molar-refractivity contribution in [2.75, 3.05) is 5.32 Å². The van der Waals surface area contributed by atoms with Gasteiger partial charge in [0.25, 0.3) is 0 Å².